The Balaban J connectivity index is 1.72. The minimum atomic E-state index is -0.735. The molecule has 30 heavy (non-hydrogen) atoms. The molecule has 0 amide bonds. The maximum Gasteiger partial charge on any atom is 0.336 e. The van der Waals surface area contributed by atoms with Gasteiger partial charge in [0.25, 0.3) is 5.69 Å². The summed E-state index contributed by atoms with van der Waals surface area (Å²) in [6.07, 6.45) is 0. The lowest BCUT2D eigenvalue weighted by Gasteiger charge is -2.08. The van der Waals surface area contributed by atoms with E-state index in [9.17, 15) is 25.0 Å². The average molecular weight is 412 g/mol. The summed E-state index contributed by atoms with van der Waals surface area (Å²) in [7, 11) is 0. The fourth-order valence-electron chi connectivity index (χ4n) is 2.65. The Kier molecular flexibility index (Phi) is 5.72. The fourth-order valence-corrected chi connectivity index (χ4v) is 2.65. The van der Waals surface area contributed by atoms with E-state index in [1.165, 1.54) is 12.1 Å². The number of fused-ring (bicyclic) bond motifs is 1. The summed E-state index contributed by atoms with van der Waals surface area (Å²) in [4.78, 5) is 32.0. The van der Waals surface area contributed by atoms with Crippen molar-refractivity contribution in [2.75, 3.05) is 12.0 Å². The van der Waals surface area contributed by atoms with E-state index in [-0.39, 0.29) is 12.3 Å². The van der Waals surface area contributed by atoms with Crippen LogP contribution in [0.3, 0.4) is 0 Å². The van der Waals surface area contributed by atoms with Crippen molar-refractivity contribution in [3.05, 3.63) is 78.7 Å². The predicted octanol–water partition coefficient (Wildman–Crippen LogP) is 3.78. The molecule has 154 valence electrons. The van der Waals surface area contributed by atoms with Gasteiger partial charge in [0, 0.05) is 23.6 Å². The smallest absolute Gasteiger partial charge is 0.336 e. The summed E-state index contributed by atoms with van der Waals surface area (Å²) in [5.74, 6) is 0.451. The first-order chi connectivity index (χ1) is 14.2. The number of hydrazone groups is 1. The van der Waals surface area contributed by atoms with Crippen LogP contribution in [0.25, 0.3) is 11.0 Å². The van der Waals surface area contributed by atoms with Gasteiger partial charge in [-0.1, -0.05) is 0 Å². The normalized spacial score (nSPS) is 11.3. The Labute approximate surface area is 168 Å². The number of hydrogen-bond acceptors (Lipinski definition) is 9. The first-order valence-corrected chi connectivity index (χ1v) is 8.64. The molecular weight excluding hydrogens is 396 g/mol. The van der Waals surface area contributed by atoms with Gasteiger partial charge in [-0.15, -0.1) is 0 Å². The minimum absolute atomic E-state index is 0.00732. The molecule has 1 aromatic heterocycles. The highest BCUT2D eigenvalue weighted by Gasteiger charge is 2.19. The van der Waals surface area contributed by atoms with Crippen LogP contribution in [0.2, 0.25) is 0 Å². The molecule has 1 heterocycles. The second-order valence-electron chi connectivity index (χ2n) is 6.37. The van der Waals surface area contributed by atoms with Crippen molar-refractivity contribution in [3.8, 4) is 5.75 Å². The van der Waals surface area contributed by atoms with Crippen LogP contribution in [0.5, 0.6) is 5.75 Å². The molecule has 0 unspecified atom stereocenters. The first-order valence-electron chi connectivity index (χ1n) is 8.64. The van der Waals surface area contributed by atoms with E-state index in [0.29, 0.717) is 17.0 Å². The quantitative estimate of drug-likeness (QED) is 0.266. The van der Waals surface area contributed by atoms with Gasteiger partial charge >= 0.3 is 11.3 Å². The van der Waals surface area contributed by atoms with Crippen LogP contribution in [-0.2, 0) is 0 Å². The summed E-state index contributed by atoms with van der Waals surface area (Å²) in [6, 6.07) is 9.69. The minimum Gasteiger partial charge on any atom is -0.487 e. The second-order valence-corrected chi connectivity index (χ2v) is 6.37. The molecule has 0 atom stereocenters. The van der Waals surface area contributed by atoms with Gasteiger partial charge in [0.15, 0.2) is 0 Å². The molecule has 0 radical (unpaired) electrons. The molecule has 0 aliphatic carbocycles. The Bertz CT molecular complexity index is 1230. The molecular formula is C19H16N4O7. The standard InChI is InChI=1S/C19H16N4O7/c1-11-7-19(24)30-18-9-14(4-5-15(11)18)29-10-12(2)20-21-16-6-3-13(22(25)26)8-17(16)23(27)28/h3-9,21H,10H2,1-2H3/b20-12-. The molecule has 0 fully saturated rings. The Morgan fingerprint density at radius 3 is 2.60 bits per heavy atom. The van der Waals surface area contributed by atoms with Crippen molar-refractivity contribution in [2.24, 2.45) is 5.10 Å². The monoisotopic (exact) mass is 412 g/mol. The Morgan fingerprint density at radius 2 is 1.90 bits per heavy atom. The topological polar surface area (TPSA) is 150 Å². The molecule has 2 aromatic carbocycles. The Morgan fingerprint density at radius 1 is 1.13 bits per heavy atom. The molecule has 0 bridgehead atoms. The predicted molar refractivity (Wildman–Crippen MR) is 109 cm³/mol. The molecule has 0 saturated carbocycles. The van der Waals surface area contributed by atoms with Crippen LogP contribution in [0.4, 0.5) is 17.1 Å². The fraction of sp³-hybridized carbons (Fsp3) is 0.158. The number of nitrogens with zero attached hydrogens (tertiary/aromatic N) is 3. The molecule has 0 spiro atoms. The van der Waals surface area contributed by atoms with Crippen LogP contribution >= 0.6 is 0 Å². The third kappa shape index (κ3) is 4.58. The van der Waals surface area contributed by atoms with Crippen LogP contribution in [0.15, 0.2) is 56.8 Å². The Hall–Kier alpha value is -4.28. The van der Waals surface area contributed by atoms with Gasteiger partial charge in [-0.2, -0.15) is 5.10 Å². The molecule has 11 heteroatoms. The van der Waals surface area contributed by atoms with Gasteiger partial charge in [0.05, 0.1) is 21.6 Å². The molecule has 3 aromatic rings. The number of anilines is 1. The molecule has 11 nitrogen and oxygen atoms in total. The number of hydrogen-bond donors (Lipinski definition) is 1. The number of nitrogens with one attached hydrogen (secondary N) is 1. The highest BCUT2D eigenvalue weighted by molar-refractivity contribution is 5.85. The zero-order valence-electron chi connectivity index (χ0n) is 15.9. The maximum atomic E-state index is 11.5. The second kappa shape index (κ2) is 8.39. The van der Waals surface area contributed by atoms with E-state index in [4.69, 9.17) is 9.15 Å². The van der Waals surface area contributed by atoms with Gasteiger partial charge in [-0.05, 0) is 37.6 Å². The zero-order valence-corrected chi connectivity index (χ0v) is 15.9. The number of rotatable bonds is 7. The van der Waals surface area contributed by atoms with E-state index in [0.717, 1.165) is 23.1 Å². The van der Waals surface area contributed by atoms with Crippen molar-refractivity contribution in [1.82, 2.24) is 0 Å². The lowest BCUT2D eigenvalue weighted by molar-refractivity contribution is -0.393. The number of benzene rings is 2. The summed E-state index contributed by atoms with van der Waals surface area (Å²) < 4.78 is 10.8. The first kappa shape index (κ1) is 20.5. The van der Waals surface area contributed by atoms with E-state index in [1.807, 2.05) is 0 Å². The van der Waals surface area contributed by atoms with Gasteiger partial charge in [0.2, 0.25) is 0 Å². The number of aryl methyl sites for hydroxylation is 1. The molecule has 0 aliphatic heterocycles. The third-order valence-corrected chi connectivity index (χ3v) is 4.13. The average Bonchev–Trinajstić information content (AvgIpc) is 2.69. The van der Waals surface area contributed by atoms with Crippen molar-refractivity contribution in [2.45, 2.75) is 13.8 Å². The van der Waals surface area contributed by atoms with Gasteiger partial charge in [-0.3, -0.25) is 25.7 Å². The number of ether oxygens (including phenoxy) is 1. The van der Waals surface area contributed by atoms with Gasteiger partial charge in [-0.25, -0.2) is 4.79 Å². The van der Waals surface area contributed by atoms with Gasteiger partial charge < -0.3 is 9.15 Å². The van der Waals surface area contributed by atoms with Crippen LogP contribution in [0, 0.1) is 27.2 Å². The van der Waals surface area contributed by atoms with Crippen LogP contribution in [-0.4, -0.2) is 22.2 Å². The maximum absolute atomic E-state index is 11.5. The summed E-state index contributed by atoms with van der Waals surface area (Å²) in [5, 5.41) is 26.7. The number of nitro benzene ring substituents is 2. The van der Waals surface area contributed by atoms with Crippen molar-refractivity contribution >= 4 is 33.7 Å². The molecule has 3 rings (SSSR count). The highest BCUT2D eigenvalue weighted by Crippen LogP contribution is 2.29. The molecule has 1 N–H and O–H groups in total. The third-order valence-electron chi connectivity index (χ3n) is 4.13. The largest absolute Gasteiger partial charge is 0.487 e. The SMILES string of the molecule is C/C(COc1ccc2c(C)cc(=O)oc2c1)=N/Nc1ccc([N+](=O)[O-])cc1[N+](=O)[O-]. The van der Waals surface area contributed by atoms with E-state index < -0.39 is 26.8 Å². The van der Waals surface area contributed by atoms with Crippen molar-refractivity contribution in [3.63, 3.8) is 0 Å². The summed E-state index contributed by atoms with van der Waals surface area (Å²) in [6.45, 7) is 3.49. The summed E-state index contributed by atoms with van der Waals surface area (Å²) in [5.41, 5.74) is 2.85. The van der Waals surface area contributed by atoms with Crippen molar-refractivity contribution < 1.29 is 19.0 Å². The zero-order chi connectivity index (χ0) is 21.8. The summed E-state index contributed by atoms with van der Waals surface area (Å²) >= 11 is 0. The number of non-ortho nitro benzene ring substituents is 1. The highest BCUT2D eigenvalue weighted by atomic mass is 16.6. The van der Waals surface area contributed by atoms with E-state index >= 15 is 0 Å². The molecule has 0 aliphatic rings. The van der Waals surface area contributed by atoms with Crippen LogP contribution < -0.4 is 15.8 Å². The van der Waals surface area contributed by atoms with Crippen molar-refractivity contribution in [1.29, 1.82) is 0 Å². The van der Waals surface area contributed by atoms with E-state index in [2.05, 4.69) is 10.5 Å². The van der Waals surface area contributed by atoms with E-state index in [1.54, 1.807) is 32.0 Å². The lowest BCUT2D eigenvalue weighted by Crippen LogP contribution is -2.10. The molecule has 0 saturated heterocycles. The van der Waals surface area contributed by atoms with Crippen LogP contribution in [0.1, 0.15) is 12.5 Å². The van der Waals surface area contributed by atoms with Gasteiger partial charge in [0.1, 0.15) is 23.6 Å². The number of nitro groups is 2. The lowest BCUT2D eigenvalue weighted by atomic mass is 10.1.